The summed E-state index contributed by atoms with van der Waals surface area (Å²) in [5, 5.41) is -16.3. The third kappa shape index (κ3) is 3.26. The molecular weight excluding hydrogens is 366 g/mol. The highest BCUT2D eigenvalue weighted by Crippen LogP contribution is 2.52. The van der Waals surface area contributed by atoms with Gasteiger partial charge in [-0.1, -0.05) is 23.2 Å². The van der Waals surface area contributed by atoms with Gasteiger partial charge in [-0.2, -0.15) is 35.1 Å². The Labute approximate surface area is 114 Å². The van der Waals surface area contributed by atoms with Crippen molar-refractivity contribution in [3.63, 3.8) is 0 Å². The minimum absolute atomic E-state index is 2.74. The summed E-state index contributed by atoms with van der Waals surface area (Å²) in [6, 6.07) is 0. The normalized spacial score (nSPS) is 16.7. The van der Waals surface area contributed by atoms with Crippen molar-refractivity contribution in [2.45, 2.75) is 22.6 Å². The second-order valence-electron chi connectivity index (χ2n) is 2.77. The number of allylic oxidation sites excluding steroid dienone is 2. The molecule has 0 aliphatic carbocycles. The maximum atomic E-state index is 12.7. The van der Waals surface area contributed by atoms with Crippen molar-refractivity contribution < 1.29 is 35.1 Å². The van der Waals surface area contributed by atoms with Gasteiger partial charge in [-0.05, 0) is 23.2 Å². The van der Waals surface area contributed by atoms with Crippen LogP contribution in [-0.2, 0) is 0 Å². The van der Waals surface area contributed by atoms with Crippen LogP contribution in [0.2, 0.25) is 0 Å². The Bertz CT molecular complexity index is 318. The molecule has 0 heterocycles. The fourth-order valence-electron chi connectivity index (χ4n) is 0.525. The van der Waals surface area contributed by atoms with E-state index in [0.717, 1.165) is 0 Å². The molecule has 0 rings (SSSR count). The Morgan fingerprint density at radius 3 is 0.833 bits per heavy atom. The van der Waals surface area contributed by atoms with Crippen LogP contribution in [0.25, 0.3) is 0 Å². The molecule has 0 spiro atoms. The van der Waals surface area contributed by atoms with Gasteiger partial charge in [0.25, 0.3) is 0 Å². The minimum Gasteiger partial charge on any atom is -0.192 e. The van der Waals surface area contributed by atoms with Gasteiger partial charge >= 0.3 is 22.6 Å². The predicted molar refractivity (Wildman–Crippen MR) is 50.2 cm³/mol. The molecule has 0 aromatic heterocycles. The first-order valence-electron chi connectivity index (χ1n) is 3.52. The molecule has 0 bridgehead atoms. The van der Waals surface area contributed by atoms with E-state index in [1.807, 2.05) is 0 Å². The minimum atomic E-state index is -5.58. The Kier molecular flexibility index (Phi) is 5.12. The van der Waals surface area contributed by atoms with Crippen LogP contribution in [0.3, 0.4) is 0 Å². The molecule has 18 heavy (non-hydrogen) atoms. The van der Waals surface area contributed by atoms with Gasteiger partial charge in [0.1, 0.15) is 10.1 Å². The molecule has 12 heteroatoms. The predicted octanol–water partition coefficient (Wildman–Crippen LogP) is 5.61. The highest BCUT2D eigenvalue weighted by Gasteiger charge is 2.64. The van der Waals surface area contributed by atoms with E-state index in [9.17, 15) is 35.1 Å². The van der Waals surface area contributed by atoms with Crippen molar-refractivity contribution in [1.29, 1.82) is 0 Å². The molecule has 0 unspecified atom stereocenters. The van der Waals surface area contributed by atoms with Gasteiger partial charge in [0.2, 0.25) is 0 Å². The van der Waals surface area contributed by atoms with E-state index in [1.165, 1.54) is 0 Å². The van der Waals surface area contributed by atoms with Crippen LogP contribution in [0.4, 0.5) is 35.1 Å². The van der Waals surface area contributed by atoms with Crippen LogP contribution in [0.5, 0.6) is 0 Å². The van der Waals surface area contributed by atoms with Crippen LogP contribution in [0.15, 0.2) is 10.1 Å². The lowest BCUT2D eigenvalue weighted by Crippen LogP contribution is -2.41. The van der Waals surface area contributed by atoms with Crippen LogP contribution in [0, 0.1) is 0 Å². The Hall–Kier alpha value is 0.340. The van der Waals surface area contributed by atoms with E-state index in [0.29, 0.717) is 0 Å². The molecule has 0 saturated heterocycles. The Morgan fingerprint density at radius 2 is 0.722 bits per heavy atom. The van der Waals surface area contributed by atoms with Crippen LogP contribution < -0.4 is 0 Å². The monoisotopic (exact) mass is 364 g/mol. The maximum absolute atomic E-state index is 12.7. The fourth-order valence-corrected chi connectivity index (χ4v) is 1.28. The smallest absolute Gasteiger partial charge is 0.192 e. The Balaban J connectivity index is 5.81. The molecule has 0 radical (unpaired) electrons. The number of rotatable bonds is 4. The summed E-state index contributed by atoms with van der Waals surface area (Å²) in [5.41, 5.74) is 0. The average Bonchev–Trinajstić information content (AvgIpc) is 2.11. The van der Waals surface area contributed by atoms with Crippen LogP contribution >= 0.6 is 46.4 Å². The summed E-state index contributed by atoms with van der Waals surface area (Å²) in [7, 11) is 0. The van der Waals surface area contributed by atoms with E-state index in [1.54, 1.807) is 0 Å². The number of hydrogen-bond acceptors (Lipinski definition) is 0. The van der Waals surface area contributed by atoms with Gasteiger partial charge in [0, 0.05) is 0 Å². The molecule has 108 valence electrons. The molecular formula is C6Cl4F8. The molecule has 0 atom stereocenters. The maximum Gasteiger partial charge on any atom is 0.389 e. The van der Waals surface area contributed by atoms with Crippen molar-refractivity contribution >= 4 is 46.4 Å². The zero-order valence-corrected chi connectivity index (χ0v) is 10.6. The van der Waals surface area contributed by atoms with Gasteiger partial charge in [0.05, 0.1) is 0 Å². The zero-order valence-electron chi connectivity index (χ0n) is 7.54. The summed E-state index contributed by atoms with van der Waals surface area (Å²) in [6.45, 7) is 0. The second-order valence-corrected chi connectivity index (χ2v) is 4.48. The topological polar surface area (TPSA) is 0 Å². The first-order chi connectivity index (χ1) is 7.57. The fraction of sp³-hybridized carbons (Fsp3) is 0.667. The largest absolute Gasteiger partial charge is 0.389 e. The molecule has 0 nitrogen and oxygen atoms in total. The summed E-state index contributed by atoms with van der Waals surface area (Å²) >= 11 is 16.7. The van der Waals surface area contributed by atoms with Gasteiger partial charge in [0.15, 0.2) is 0 Å². The summed E-state index contributed by atoms with van der Waals surface area (Å²) in [5.74, 6) is -11.2. The van der Waals surface area contributed by atoms with E-state index in [4.69, 9.17) is 0 Å². The van der Waals surface area contributed by atoms with E-state index < -0.39 is 32.7 Å². The van der Waals surface area contributed by atoms with Crippen molar-refractivity contribution in [1.82, 2.24) is 0 Å². The average molecular weight is 366 g/mol. The van der Waals surface area contributed by atoms with Crippen molar-refractivity contribution in [3.8, 4) is 0 Å². The molecule has 0 saturated carbocycles. The number of hydrogen-bond donors (Lipinski definition) is 0. The number of halogens is 12. The van der Waals surface area contributed by atoms with Crippen LogP contribution in [0.1, 0.15) is 0 Å². The van der Waals surface area contributed by atoms with Crippen molar-refractivity contribution in [2.24, 2.45) is 0 Å². The van der Waals surface area contributed by atoms with Gasteiger partial charge in [-0.3, -0.25) is 0 Å². The lowest BCUT2D eigenvalue weighted by Gasteiger charge is -2.25. The highest BCUT2D eigenvalue weighted by atomic mass is 35.5. The first-order valence-corrected chi connectivity index (χ1v) is 5.03. The standard InChI is InChI=1S/C6Cl4F8/c7-1(3(11,12)5(9,15)16)2(8)4(13,14)6(10,17)18. The Morgan fingerprint density at radius 1 is 0.556 bits per heavy atom. The molecule has 0 aromatic rings. The summed E-state index contributed by atoms with van der Waals surface area (Å²) in [6.07, 6.45) is 0. The quantitative estimate of drug-likeness (QED) is 0.448. The van der Waals surface area contributed by atoms with Gasteiger partial charge < -0.3 is 0 Å². The summed E-state index contributed by atoms with van der Waals surface area (Å²) in [4.78, 5) is 0. The van der Waals surface area contributed by atoms with E-state index >= 15 is 0 Å². The lowest BCUT2D eigenvalue weighted by molar-refractivity contribution is -0.139. The molecule has 0 N–H and O–H groups in total. The second kappa shape index (κ2) is 5.03. The number of alkyl halides is 10. The zero-order chi connectivity index (χ0) is 15.2. The van der Waals surface area contributed by atoms with Crippen molar-refractivity contribution in [2.75, 3.05) is 0 Å². The molecule has 0 aliphatic rings. The summed E-state index contributed by atoms with van der Waals surface area (Å²) < 4.78 is 99.5. The van der Waals surface area contributed by atoms with Gasteiger partial charge in [-0.15, -0.1) is 0 Å². The third-order valence-corrected chi connectivity index (χ3v) is 2.88. The van der Waals surface area contributed by atoms with Crippen molar-refractivity contribution in [3.05, 3.63) is 10.1 Å². The highest BCUT2D eigenvalue weighted by molar-refractivity contribution is 6.41. The first kappa shape index (κ1) is 18.3. The molecule has 0 aliphatic heterocycles. The van der Waals surface area contributed by atoms with E-state index in [-0.39, 0.29) is 0 Å². The van der Waals surface area contributed by atoms with Crippen LogP contribution in [-0.4, -0.2) is 22.6 Å². The van der Waals surface area contributed by atoms with Gasteiger partial charge in [-0.25, -0.2) is 0 Å². The molecule has 0 aromatic carbocycles. The molecule has 0 amide bonds. The third-order valence-electron chi connectivity index (χ3n) is 1.46. The SMILES string of the molecule is FC(F)(Cl)C(F)(F)C(Cl)=C(Cl)C(F)(F)C(F)(F)Cl. The lowest BCUT2D eigenvalue weighted by atomic mass is 10.2. The van der Waals surface area contributed by atoms with E-state index in [2.05, 4.69) is 46.4 Å². The molecule has 0 fully saturated rings.